The van der Waals surface area contributed by atoms with Crippen molar-refractivity contribution in [3.8, 4) is 5.75 Å². The lowest BCUT2D eigenvalue weighted by molar-refractivity contribution is -0.274. The van der Waals surface area contributed by atoms with E-state index >= 15 is 0 Å². The van der Waals surface area contributed by atoms with Crippen LogP contribution < -0.4 is 15.4 Å². The van der Waals surface area contributed by atoms with Crippen LogP contribution in [0.2, 0.25) is 0 Å². The molecule has 2 heterocycles. The number of rotatable bonds is 2. The summed E-state index contributed by atoms with van der Waals surface area (Å²) in [5.41, 5.74) is 6.53. The normalized spacial score (nSPS) is 29.6. The summed E-state index contributed by atoms with van der Waals surface area (Å²) in [6.45, 7) is 0. The Bertz CT molecular complexity index is 478. The monoisotopic (exact) mass is 286 g/mol. The van der Waals surface area contributed by atoms with E-state index < -0.39 is 6.36 Å². The lowest BCUT2D eigenvalue weighted by Gasteiger charge is -2.40. The van der Waals surface area contributed by atoms with Gasteiger partial charge in [0.05, 0.1) is 5.69 Å². The van der Waals surface area contributed by atoms with Gasteiger partial charge in [-0.3, -0.25) is 0 Å². The van der Waals surface area contributed by atoms with Gasteiger partial charge in [-0.2, -0.15) is 0 Å². The Morgan fingerprint density at radius 2 is 1.70 bits per heavy atom. The summed E-state index contributed by atoms with van der Waals surface area (Å²) in [6, 6.07) is 6.97. The topological polar surface area (TPSA) is 38.5 Å². The Balaban J connectivity index is 1.91. The third-order valence-electron chi connectivity index (χ3n) is 4.14. The van der Waals surface area contributed by atoms with Crippen LogP contribution >= 0.6 is 0 Å². The van der Waals surface area contributed by atoms with Gasteiger partial charge in [0, 0.05) is 18.1 Å². The van der Waals surface area contributed by atoms with Crippen molar-refractivity contribution in [1.29, 1.82) is 0 Å². The summed E-state index contributed by atoms with van der Waals surface area (Å²) in [6.07, 6.45) is -1.04. The standard InChI is InChI=1S/C14H17F3N2O/c15-14(16,17)20-13-4-2-1-3-12(13)19-10-5-6-11(19)8-9(18)7-10/h1-4,9-11H,5-8,18H2. The highest BCUT2D eigenvalue weighted by molar-refractivity contribution is 5.61. The summed E-state index contributed by atoms with van der Waals surface area (Å²) >= 11 is 0. The van der Waals surface area contributed by atoms with Crippen LogP contribution in [0.1, 0.15) is 25.7 Å². The van der Waals surface area contributed by atoms with E-state index in [1.165, 1.54) is 6.07 Å². The molecule has 2 unspecified atom stereocenters. The fourth-order valence-electron chi connectivity index (χ4n) is 3.49. The number of nitrogens with two attached hydrogens (primary N) is 1. The first-order chi connectivity index (χ1) is 9.44. The van der Waals surface area contributed by atoms with Crippen LogP contribution in [-0.2, 0) is 0 Å². The average Bonchev–Trinajstić information content (AvgIpc) is 2.61. The van der Waals surface area contributed by atoms with Crippen molar-refractivity contribution in [2.75, 3.05) is 4.90 Å². The Hall–Kier alpha value is -1.43. The molecule has 0 saturated carbocycles. The van der Waals surface area contributed by atoms with E-state index in [4.69, 9.17) is 5.73 Å². The second-order valence-electron chi connectivity index (χ2n) is 5.54. The lowest BCUT2D eigenvalue weighted by atomic mass is 9.97. The number of nitrogens with zero attached hydrogens (tertiary/aromatic N) is 1. The number of anilines is 1. The quantitative estimate of drug-likeness (QED) is 0.908. The number of hydrogen-bond acceptors (Lipinski definition) is 3. The number of alkyl halides is 3. The molecule has 0 aliphatic carbocycles. The minimum absolute atomic E-state index is 0.118. The zero-order valence-electron chi connectivity index (χ0n) is 10.9. The summed E-state index contributed by atoms with van der Waals surface area (Å²) < 4.78 is 41.7. The molecule has 1 aromatic rings. The second-order valence-corrected chi connectivity index (χ2v) is 5.54. The summed E-state index contributed by atoms with van der Waals surface area (Å²) in [7, 11) is 0. The lowest BCUT2D eigenvalue weighted by Crippen LogP contribution is -2.47. The Kier molecular flexibility index (Phi) is 3.28. The number of halogens is 3. The van der Waals surface area contributed by atoms with Crippen molar-refractivity contribution in [3.05, 3.63) is 24.3 Å². The van der Waals surface area contributed by atoms with Gasteiger partial charge >= 0.3 is 6.36 Å². The number of benzene rings is 1. The zero-order valence-corrected chi connectivity index (χ0v) is 10.9. The van der Waals surface area contributed by atoms with Gasteiger partial charge in [-0.05, 0) is 37.8 Å². The maximum Gasteiger partial charge on any atom is 0.573 e. The van der Waals surface area contributed by atoms with Crippen LogP contribution in [-0.4, -0.2) is 24.5 Å². The molecule has 3 rings (SSSR count). The van der Waals surface area contributed by atoms with E-state index in [1.807, 2.05) is 0 Å². The molecule has 2 atom stereocenters. The Morgan fingerprint density at radius 1 is 1.10 bits per heavy atom. The van der Waals surface area contributed by atoms with Gasteiger partial charge in [-0.15, -0.1) is 13.2 Å². The third kappa shape index (κ3) is 2.57. The molecule has 2 fully saturated rings. The Labute approximate surface area is 115 Å². The molecule has 0 spiro atoms. The number of fused-ring (bicyclic) bond motifs is 2. The fourth-order valence-corrected chi connectivity index (χ4v) is 3.49. The maximum absolute atomic E-state index is 12.5. The number of hydrogen-bond donors (Lipinski definition) is 1. The van der Waals surface area contributed by atoms with Gasteiger partial charge in [0.1, 0.15) is 0 Å². The van der Waals surface area contributed by atoms with Crippen LogP contribution in [0.25, 0.3) is 0 Å². The molecule has 2 aliphatic rings. The molecule has 20 heavy (non-hydrogen) atoms. The first kappa shape index (κ1) is 13.5. The highest BCUT2D eigenvalue weighted by atomic mass is 19.4. The molecule has 0 amide bonds. The number of ether oxygens (including phenoxy) is 1. The molecule has 0 radical (unpaired) electrons. The predicted octanol–water partition coefficient (Wildman–Crippen LogP) is 3.04. The largest absolute Gasteiger partial charge is 0.573 e. The molecule has 1 aromatic carbocycles. The van der Waals surface area contributed by atoms with E-state index in [0.29, 0.717) is 5.69 Å². The molecule has 110 valence electrons. The SMILES string of the molecule is NC1CC2CCC(C1)N2c1ccccc1OC(F)(F)F. The van der Waals surface area contributed by atoms with E-state index in [0.717, 1.165) is 25.7 Å². The van der Waals surface area contributed by atoms with Crippen LogP contribution in [0.5, 0.6) is 5.75 Å². The fraction of sp³-hybridized carbons (Fsp3) is 0.571. The summed E-state index contributed by atoms with van der Waals surface area (Å²) in [5.74, 6) is -0.118. The molecule has 3 nitrogen and oxygen atoms in total. The smallest absolute Gasteiger partial charge is 0.404 e. The number of para-hydroxylation sites is 2. The van der Waals surface area contributed by atoms with Crippen molar-refractivity contribution in [3.63, 3.8) is 0 Å². The number of piperidine rings is 1. The second kappa shape index (κ2) is 4.84. The zero-order chi connectivity index (χ0) is 14.3. The van der Waals surface area contributed by atoms with Gasteiger partial charge in [0.15, 0.2) is 5.75 Å². The van der Waals surface area contributed by atoms with Crippen molar-refractivity contribution >= 4 is 5.69 Å². The molecule has 2 saturated heterocycles. The predicted molar refractivity (Wildman–Crippen MR) is 69.6 cm³/mol. The maximum atomic E-state index is 12.5. The van der Waals surface area contributed by atoms with Crippen LogP contribution in [0.3, 0.4) is 0 Å². The molecule has 2 bridgehead atoms. The molecule has 2 N–H and O–H groups in total. The Morgan fingerprint density at radius 3 is 2.30 bits per heavy atom. The van der Waals surface area contributed by atoms with Crippen molar-refractivity contribution in [1.82, 2.24) is 0 Å². The molecule has 2 aliphatic heterocycles. The molecular weight excluding hydrogens is 269 g/mol. The first-order valence-corrected chi connectivity index (χ1v) is 6.83. The summed E-state index contributed by atoms with van der Waals surface area (Å²) in [4.78, 5) is 2.07. The van der Waals surface area contributed by atoms with Crippen molar-refractivity contribution in [2.24, 2.45) is 5.73 Å². The van der Waals surface area contributed by atoms with E-state index in [2.05, 4.69) is 9.64 Å². The van der Waals surface area contributed by atoms with Gasteiger partial charge in [-0.25, -0.2) is 0 Å². The van der Waals surface area contributed by atoms with Crippen LogP contribution in [0, 0.1) is 0 Å². The van der Waals surface area contributed by atoms with Crippen LogP contribution in [0.15, 0.2) is 24.3 Å². The van der Waals surface area contributed by atoms with Crippen LogP contribution in [0.4, 0.5) is 18.9 Å². The molecule has 0 aromatic heterocycles. The van der Waals surface area contributed by atoms with E-state index in [9.17, 15) is 13.2 Å². The highest BCUT2D eigenvalue weighted by Crippen LogP contribution is 2.43. The van der Waals surface area contributed by atoms with Gasteiger partial charge in [0.2, 0.25) is 0 Å². The molecule has 6 heteroatoms. The van der Waals surface area contributed by atoms with Gasteiger partial charge < -0.3 is 15.4 Å². The molecular formula is C14H17F3N2O. The van der Waals surface area contributed by atoms with E-state index in [1.54, 1.807) is 18.2 Å². The average molecular weight is 286 g/mol. The van der Waals surface area contributed by atoms with E-state index in [-0.39, 0.29) is 23.9 Å². The highest BCUT2D eigenvalue weighted by Gasteiger charge is 2.41. The summed E-state index contributed by atoms with van der Waals surface area (Å²) in [5, 5.41) is 0. The minimum atomic E-state index is -4.67. The first-order valence-electron chi connectivity index (χ1n) is 6.83. The van der Waals surface area contributed by atoms with Gasteiger partial charge in [0.25, 0.3) is 0 Å². The van der Waals surface area contributed by atoms with Crippen molar-refractivity contribution < 1.29 is 17.9 Å². The van der Waals surface area contributed by atoms with Gasteiger partial charge in [-0.1, -0.05) is 12.1 Å². The minimum Gasteiger partial charge on any atom is -0.404 e. The third-order valence-corrected chi connectivity index (χ3v) is 4.14. The van der Waals surface area contributed by atoms with Crippen molar-refractivity contribution in [2.45, 2.75) is 50.2 Å².